The van der Waals surface area contributed by atoms with Gasteiger partial charge < -0.3 is 5.11 Å². The van der Waals surface area contributed by atoms with Gasteiger partial charge in [0.25, 0.3) is 0 Å². The van der Waals surface area contributed by atoms with Gasteiger partial charge in [-0.15, -0.1) is 0 Å². The van der Waals surface area contributed by atoms with Crippen LogP contribution in [-0.4, -0.2) is 25.8 Å². The van der Waals surface area contributed by atoms with Crippen molar-refractivity contribution < 1.29 is 9.90 Å². The van der Waals surface area contributed by atoms with Crippen molar-refractivity contribution in [2.24, 2.45) is 0 Å². The number of aromatic nitrogens is 3. The number of aliphatic carboxylic acids is 1. The molecule has 0 aromatic carbocycles. The van der Waals surface area contributed by atoms with Crippen LogP contribution in [0.5, 0.6) is 0 Å². The van der Waals surface area contributed by atoms with Crippen LogP contribution in [0.1, 0.15) is 5.69 Å². The molecule has 0 saturated heterocycles. The van der Waals surface area contributed by atoms with Gasteiger partial charge in [-0.1, -0.05) is 22.9 Å². The minimum absolute atomic E-state index is 0.0838. The van der Waals surface area contributed by atoms with Crippen LogP contribution in [0.15, 0.2) is 18.5 Å². The highest BCUT2D eigenvalue weighted by atomic mass is 35.5. The predicted octanol–water partition coefficient (Wildman–Crippen LogP) is 1.61. The molecule has 2 aromatic rings. The number of thiazole rings is 1. The van der Waals surface area contributed by atoms with Gasteiger partial charge in [0.1, 0.15) is 5.00 Å². The summed E-state index contributed by atoms with van der Waals surface area (Å²) in [4.78, 5) is 14.3. The molecule has 0 aliphatic rings. The number of halogens is 1. The molecule has 0 bridgehead atoms. The molecule has 0 saturated carbocycles. The van der Waals surface area contributed by atoms with E-state index in [1.807, 2.05) is 0 Å². The number of nitrogens with zero attached hydrogens (tertiary/aromatic N) is 3. The molecule has 0 amide bonds. The lowest BCUT2D eigenvalue weighted by atomic mass is 10.3. The number of carboxylic acids is 1. The number of hydrogen-bond donors (Lipinski definition) is 1. The first kappa shape index (κ1) is 10.1. The number of rotatable bonds is 3. The molecular formula is C8H6ClN3O2S. The van der Waals surface area contributed by atoms with Gasteiger partial charge >= 0.3 is 5.97 Å². The Morgan fingerprint density at radius 2 is 2.47 bits per heavy atom. The van der Waals surface area contributed by atoms with Crippen molar-refractivity contribution >= 4 is 28.9 Å². The molecule has 0 aliphatic heterocycles. The smallest absolute Gasteiger partial charge is 0.309 e. The summed E-state index contributed by atoms with van der Waals surface area (Å²) in [7, 11) is 0. The lowest BCUT2D eigenvalue weighted by Crippen LogP contribution is -2.01. The van der Waals surface area contributed by atoms with Gasteiger partial charge in [0.2, 0.25) is 0 Å². The lowest BCUT2D eigenvalue weighted by Gasteiger charge is -1.93. The van der Waals surface area contributed by atoms with Crippen LogP contribution in [0.4, 0.5) is 0 Å². The predicted molar refractivity (Wildman–Crippen MR) is 55.6 cm³/mol. The fourth-order valence-corrected chi connectivity index (χ4v) is 1.95. The number of carbonyl (C=O) groups is 1. The van der Waals surface area contributed by atoms with E-state index in [9.17, 15) is 4.79 Å². The SMILES string of the molecule is O=C(O)Cc1ccn(-c2cnc(Cl)s2)n1. The summed E-state index contributed by atoms with van der Waals surface area (Å²) in [6.07, 6.45) is 3.19. The fourth-order valence-electron chi connectivity index (χ4n) is 1.08. The van der Waals surface area contributed by atoms with E-state index in [0.29, 0.717) is 10.2 Å². The van der Waals surface area contributed by atoms with Gasteiger partial charge in [-0.25, -0.2) is 9.67 Å². The summed E-state index contributed by atoms with van der Waals surface area (Å²) in [6.45, 7) is 0. The molecule has 2 heterocycles. The Kier molecular flexibility index (Phi) is 2.70. The van der Waals surface area contributed by atoms with E-state index in [4.69, 9.17) is 16.7 Å². The molecule has 0 aliphatic carbocycles. The summed E-state index contributed by atoms with van der Waals surface area (Å²) in [5.74, 6) is -0.900. The van der Waals surface area contributed by atoms with Gasteiger partial charge in [-0.2, -0.15) is 5.10 Å². The van der Waals surface area contributed by atoms with Crippen molar-refractivity contribution in [1.29, 1.82) is 0 Å². The van der Waals surface area contributed by atoms with Gasteiger partial charge in [0, 0.05) is 6.20 Å². The zero-order valence-corrected chi connectivity index (χ0v) is 8.99. The van der Waals surface area contributed by atoms with Crippen molar-refractivity contribution in [1.82, 2.24) is 14.8 Å². The van der Waals surface area contributed by atoms with Crippen LogP contribution >= 0.6 is 22.9 Å². The standard InChI is InChI=1S/C8H6ClN3O2S/c9-8-10-4-6(15-8)12-2-1-5(11-12)3-7(13)14/h1-2,4H,3H2,(H,13,14). The summed E-state index contributed by atoms with van der Waals surface area (Å²) < 4.78 is 1.99. The van der Waals surface area contributed by atoms with Gasteiger partial charge in [0.15, 0.2) is 4.47 Å². The Labute approximate surface area is 93.9 Å². The first-order chi connectivity index (χ1) is 7.15. The molecule has 0 spiro atoms. The Balaban J connectivity index is 2.23. The van der Waals surface area contributed by atoms with Crippen molar-refractivity contribution in [2.45, 2.75) is 6.42 Å². The fraction of sp³-hybridized carbons (Fsp3) is 0.125. The van der Waals surface area contributed by atoms with Crippen LogP contribution in [0.2, 0.25) is 4.47 Å². The monoisotopic (exact) mass is 243 g/mol. The van der Waals surface area contributed by atoms with Crippen LogP contribution in [0, 0.1) is 0 Å². The molecule has 0 radical (unpaired) electrons. The van der Waals surface area contributed by atoms with Crippen molar-refractivity contribution in [3.8, 4) is 5.00 Å². The van der Waals surface area contributed by atoms with Crippen LogP contribution in [-0.2, 0) is 11.2 Å². The molecule has 2 aromatic heterocycles. The largest absolute Gasteiger partial charge is 0.481 e. The molecular weight excluding hydrogens is 238 g/mol. The summed E-state index contributed by atoms with van der Waals surface area (Å²) in [6, 6.07) is 1.65. The molecule has 1 N–H and O–H groups in total. The second kappa shape index (κ2) is 4.00. The molecule has 2 rings (SSSR count). The lowest BCUT2D eigenvalue weighted by molar-refractivity contribution is -0.136. The van der Waals surface area contributed by atoms with E-state index in [1.54, 1.807) is 23.1 Å². The number of carboxylic acid groups (broad SMARTS) is 1. The van der Waals surface area contributed by atoms with E-state index < -0.39 is 5.97 Å². The van der Waals surface area contributed by atoms with E-state index >= 15 is 0 Å². The van der Waals surface area contributed by atoms with E-state index in [2.05, 4.69) is 10.1 Å². The highest BCUT2D eigenvalue weighted by molar-refractivity contribution is 7.18. The Morgan fingerprint density at radius 3 is 3.07 bits per heavy atom. The molecule has 0 unspecified atom stereocenters. The third-order valence-electron chi connectivity index (χ3n) is 1.67. The molecule has 78 valence electrons. The summed E-state index contributed by atoms with van der Waals surface area (Å²) in [5, 5.41) is 13.4. The molecule has 15 heavy (non-hydrogen) atoms. The van der Waals surface area contributed by atoms with Crippen LogP contribution < -0.4 is 0 Å². The highest BCUT2D eigenvalue weighted by Crippen LogP contribution is 2.21. The zero-order valence-electron chi connectivity index (χ0n) is 7.42. The average Bonchev–Trinajstić information content (AvgIpc) is 2.72. The third-order valence-corrected chi connectivity index (χ3v) is 2.77. The van der Waals surface area contributed by atoms with Crippen LogP contribution in [0.3, 0.4) is 0 Å². The Bertz CT molecular complexity index is 494. The van der Waals surface area contributed by atoms with Crippen molar-refractivity contribution in [3.63, 3.8) is 0 Å². The molecule has 0 fully saturated rings. The quantitative estimate of drug-likeness (QED) is 0.889. The van der Waals surface area contributed by atoms with Crippen molar-refractivity contribution in [2.75, 3.05) is 0 Å². The highest BCUT2D eigenvalue weighted by Gasteiger charge is 2.07. The maximum Gasteiger partial charge on any atom is 0.309 e. The first-order valence-corrected chi connectivity index (χ1v) is 5.22. The third kappa shape index (κ3) is 2.34. The second-order valence-corrected chi connectivity index (χ2v) is 4.36. The zero-order chi connectivity index (χ0) is 10.8. The van der Waals surface area contributed by atoms with Crippen molar-refractivity contribution in [3.05, 3.63) is 28.6 Å². The second-order valence-electron chi connectivity index (χ2n) is 2.77. The Hall–Kier alpha value is -1.40. The van der Waals surface area contributed by atoms with E-state index in [1.165, 1.54) is 11.3 Å². The maximum absolute atomic E-state index is 10.4. The van der Waals surface area contributed by atoms with E-state index in [0.717, 1.165) is 5.00 Å². The number of hydrogen-bond acceptors (Lipinski definition) is 4. The Morgan fingerprint density at radius 1 is 1.67 bits per heavy atom. The molecule has 5 nitrogen and oxygen atoms in total. The topological polar surface area (TPSA) is 68.0 Å². The van der Waals surface area contributed by atoms with E-state index in [-0.39, 0.29) is 6.42 Å². The first-order valence-electron chi connectivity index (χ1n) is 4.03. The normalized spacial score (nSPS) is 10.5. The minimum atomic E-state index is -0.900. The summed E-state index contributed by atoms with van der Waals surface area (Å²) >= 11 is 6.95. The van der Waals surface area contributed by atoms with Gasteiger partial charge in [-0.05, 0) is 6.07 Å². The average molecular weight is 244 g/mol. The maximum atomic E-state index is 10.4. The summed E-state index contributed by atoms with van der Waals surface area (Å²) in [5.41, 5.74) is 0.507. The molecule has 7 heteroatoms. The minimum Gasteiger partial charge on any atom is -0.481 e. The van der Waals surface area contributed by atoms with Crippen LogP contribution in [0.25, 0.3) is 5.00 Å². The van der Waals surface area contributed by atoms with Gasteiger partial charge in [-0.3, -0.25) is 4.79 Å². The van der Waals surface area contributed by atoms with Gasteiger partial charge in [0.05, 0.1) is 18.3 Å². The molecule has 0 atom stereocenters.